The van der Waals surface area contributed by atoms with Gasteiger partial charge in [0.1, 0.15) is 29.5 Å². The highest BCUT2D eigenvalue weighted by Gasteiger charge is 2.15. The van der Waals surface area contributed by atoms with Crippen LogP contribution in [0.3, 0.4) is 0 Å². The normalized spacial score (nSPS) is 15.7. The predicted molar refractivity (Wildman–Crippen MR) is 85.1 cm³/mol. The molecule has 7 heteroatoms. The molecule has 0 aliphatic carbocycles. The minimum Gasteiger partial charge on any atom is -0.467 e. The minimum absolute atomic E-state index is 0.501. The molecule has 3 heterocycles. The number of hydrogen-bond acceptors (Lipinski definition) is 7. The van der Waals surface area contributed by atoms with Gasteiger partial charge >= 0.3 is 0 Å². The van der Waals surface area contributed by atoms with Crippen LogP contribution in [0.4, 0.5) is 5.82 Å². The molecule has 0 aromatic carbocycles. The molecule has 0 amide bonds. The van der Waals surface area contributed by atoms with Crippen molar-refractivity contribution in [3.8, 4) is 6.07 Å². The minimum atomic E-state index is 0.501. The second-order valence-corrected chi connectivity index (χ2v) is 5.46. The summed E-state index contributed by atoms with van der Waals surface area (Å²) in [7, 11) is 0. The van der Waals surface area contributed by atoms with Gasteiger partial charge in [0.05, 0.1) is 23.5 Å². The van der Waals surface area contributed by atoms with E-state index in [9.17, 15) is 5.26 Å². The number of allylic oxidation sites excluding steroid dienone is 2. The van der Waals surface area contributed by atoms with Gasteiger partial charge in [-0.2, -0.15) is 5.26 Å². The van der Waals surface area contributed by atoms with Crippen LogP contribution in [-0.4, -0.2) is 9.97 Å². The van der Waals surface area contributed by atoms with E-state index in [-0.39, 0.29) is 0 Å². The zero-order valence-corrected chi connectivity index (χ0v) is 12.6. The van der Waals surface area contributed by atoms with E-state index < -0.39 is 0 Å². The van der Waals surface area contributed by atoms with E-state index in [1.165, 1.54) is 18.1 Å². The van der Waals surface area contributed by atoms with E-state index in [1.807, 2.05) is 24.5 Å². The van der Waals surface area contributed by atoms with E-state index in [1.54, 1.807) is 12.3 Å². The Hall–Kier alpha value is -2.72. The van der Waals surface area contributed by atoms with E-state index in [0.29, 0.717) is 23.6 Å². The van der Waals surface area contributed by atoms with Crippen molar-refractivity contribution in [3.63, 3.8) is 0 Å². The molecule has 0 saturated carbocycles. The quantitative estimate of drug-likeness (QED) is 0.839. The maximum Gasteiger partial charge on any atom is 0.130 e. The number of rotatable bonds is 4. The first-order valence-electron chi connectivity index (χ1n) is 6.60. The lowest BCUT2D eigenvalue weighted by Crippen LogP contribution is -2.06. The molecule has 6 nitrogen and oxygen atoms in total. The summed E-state index contributed by atoms with van der Waals surface area (Å²) in [6, 6.07) is 7.67. The summed E-state index contributed by atoms with van der Waals surface area (Å²) in [6.07, 6.45) is 3.07. The number of aromatic nitrogens is 2. The zero-order chi connectivity index (χ0) is 15.4. The predicted octanol–water partition coefficient (Wildman–Crippen LogP) is 3.07. The molecule has 22 heavy (non-hydrogen) atoms. The summed E-state index contributed by atoms with van der Waals surface area (Å²) in [5.41, 5.74) is 2.09. The summed E-state index contributed by atoms with van der Waals surface area (Å²) in [5, 5.41) is 18.5. The summed E-state index contributed by atoms with van der Waals surface area (Å²) >= 11 is 1.48. The van der Waals surface area contributed by atoms with Crippen molar-refractivity contribution >= 4 is 23.2 Å². The average Bonchev–Trinajstić information content (AvgIpc) is 3.18. The van der Waals surface area contributed by atoms with Crippen molar-refractivity contribution in [3.05, 3.63) is 58.4 Å². The summed E-state index contributed by atoms with van der Waals surface area (Å²) in [5.74, 6) is 1.45. The Kier molecular flexibility index (Phi) is 4.12. The van der Waals surface area contributed by atoms with Gasteiger partial charge in [-0.1, -0.05) is 11.8 Å². The first-order valence-corrected chi connectivity index (χ1v) is 7.47. The largest absolute Gasteiger partial charge is 0.467 e. The maximum absolute atomic E-state index is 9.42. The van der Waals surface area contributed by atoms with Crippen LogP contribution in [0, 0.1) is 11.3 Å². The molecule has 110 valence electrons. The fraction of sp³-hybridized carbons (Fsp3) is 0.133. The summed E-state index contributed by atoms with van der Waals surface area (Å²) < 4.78 is 5.26. The van der Waals surface area contributed by atoms with Crippen LogP contribution < -0.4 is 10.6 Å². The summed E-state index contributed by atoms with van der Waals surface area (Å²) in [4.78, 5) is 8.35. The van der Waals surface area contributed by atoms with Crippen molar-refractivity contribution < 1.29 is 4.42 Å². The van der Waals surface area contributed by atoms with Gasteiger partial charge in [-0.15, -0.1) is 0 Å². The molecule has 2 N–H and O–H groups in total. The van der Waals surface area contributed by atoms with E-state index in [4.69, 9.17) is 4.42 Å². The number of anilines is 1. The molecule has 0 radical (unpaired) electrons. The first-order chi connectivity index (χ1) is 10.8. The summed E-state index contributed by atoms with van der Waals surface area (Å²) in [6.45, 7) is 2.47. The third-order valence-electron chi connectivity index (χ3n) is 2.95. The Morgan fingerprint density at radius 2 is 2.41 bits per heavy atom. The van der Waals surface area contributed by atoms with Crippen molar-refractivity contribution in [2.45, 2.75) is 13.5 Å². The molecule has 2 aromatic rings. The molecule has 0 atom stereocenters. The molecule has 0 spiro atoms. The zero-order valence-electron chi connectivity index (χ0n) is 11.8. The van der Waals surface area contributed by atoms with Gasteiger partial charge in [0.25, 0.3) is 0 Å². The fourth-order valence-electron chi connectivity index (χ4n) is 1.91. The number of nitrogens with zero attached hydrogens (tertiary/aromatic N) is 3. The van der Waals surface area contributed by atoms with Crippen LogP contribution in [0.5, 0.6) is 0 Å². The topological polar surface area (TPSA) is 86.8 Å². The number of nitrogens with one attached hydrogen (secondary N) is 2. The van der Waals surface area contributed by atoms with Gasteiger partial charge < -0.3 is 15.1 Å². The van der Waals surface area contributed by atoms with Crippen LogP contribution >= 0.6 is 11.8 Å². The van der Waals surface area contributed by atoms with Crippen LogP contribution in [0.25, 0.3) is 5.57 Å². The highest BCUT2D eigenvalue weighted by Crippen LogP contribution is 2.30. The lowest BCUT2D eigenvalue weighted by atomic mass is 10.2. The smallest absolute Gasteiger partial charge is 0.130 e. The van der Waals surface area contributed by atoms with Gasteiger partial charge in [0, 0.05) is 11.8 Å². The Balaban J connectivity index is 1.80. The number of furan rings is 1. The SMILES string of the molecule is CC1=CS/C(=C(/C#N)c2cc(NCc3ccco3)ncn2)N1. The number of hydrogen-bond donors (Lipinski definition) is 2. The van der Waals surface area contributed by atoms with Gasteiger partial charge in [-0.05, 0) is 24.5 Å². The lowest BCUT2D eigenvalue weighted by Gasteiger charge is -2.07. The Labute approximate surface area is 132 Å². The van der Waals surface area contributed by atoms with Crippen molar-refractivity contribution in [1.82, 2.24) is 15.3 Å². The molecule has 2 aromatic heterocycles. The fourth-order valence-corrected chi connectivity index (χ4v) is 2.75. The molecule has 0 fully saturated rings. The molecule has 0 unspecified atom stereocenters. The van der Waals surface area contributed by atoms with Gasteiger partial charge in [0.15, 0.2) is 0 Å². The van der Waals surface area contributed by atoms with Gasteiger partial charge in [-0.25, -0.2) is 9.97 Å². The van der Waals surface area contributed by atoms with Crippen LogP contribution in [0.15, 0.2) is 51.3 Å². The number of thioether (sulfide) groups is 1. The molecular weight excluding hydrogens is 298 g/mol. The lowest BCUT2D eigenvalue weighted by molar-refractivity contribution is 0.518. The average molecular weight is 311 g/mol. The second-order valence-electron chi connectivity index (χ2n) is 4.58. The Morgan fingerprint density at radius 1 is 1.50 bits per heavy atom. The Bertz CT molecular complexity index is 773. The molecule has 0 bridgehead atoms. The van der Waals surface area contributed by atoms with E-state index >= 15 is 0 Å². The molecule has 1 aliphatic rings. The highest BCUT2D eigenvalue weighted by atomic mass is 32.2. The van der Waals surface area contributed by atoms with E-state index in [2.05, 4.69) is 26.7 Å². The van der Waals surface area contributed by atoms with Gasteiger partial charge in [0.2, 0.25) is 0 Å². The maximum atomic E-state index is 9.42. The third-order valence-corrected chi connectivity index (χ3v) is 3.96. The van der Waals surface area contributed by atoms with Crippen LogP contribution in [-0.2, 0) is 6.54 Å². The molecule has 1 aliphatic heterocycles. The molecule has 3 rings (SSSR count). The molecule has 0 saturated heterocycles. The van der Waals surface area contributed by atoms with Crippen LogP contribution in [0.1, 0.15) is 18.4 Å². The van der Waals surface area contributed by atoms with Crippen molar-refractivity contribution in [1.29, 1.82) is 5.26 Å². The van der Waals surface area contributed by atoms with Gasteiger partial charge in [-0.3, -0.25) is 0 Å². The van der Waals surface area contributed by atoms with E-state index in [0.717, 1.165) is 16.5 Å². The number of nitriles is 1. The standard InChI is InChI=1S/C15H13N5OS/c1-10-8-22-15(20-10)12(6-16)13-5-14(19-9-18-13)17-7-11-3-2-4-21-11/h2-5,8-9,20H,7H2,1H3,(H,17,18,19)/b15-12-. The van der Waals surface area contributed by atoms with Crippen molar-refractivity contribution in [2.24, 2.45) is 0 Å². The molecular formula is C15H13N5OS. The van der Waals surface area contributed by atoms with Crippen molar-refractivity contribution in [2.75, 3.05) is 5.32 Å². The third kappa shape index (κ3) is 3.13. The Morgan fingerprint density at radius 3 is 3.09 bits per heavy atom. The second kappa shape index (κ2) is 6.37. The first kappa shape index (κ1) is 14.2. The highest BCUT2D eigenvalue weighted by molar-refractivity contribution is 8.06. The monoisotopic (exact) mass is 311 g/mol. The van der Waals surface area contributed by atoms with Crippen LogP contribution in [0.2, 0.25) is 0 Å².